The van der Waals surface area contributed by atoms with Crippen molar-refractivity contribution in [3.63, 3.8) is 0 Å². The maximum absolute atomic E-state index is 12.7. The Bertz CT molecular complexity index is 427. The number of halogens is 1. The van der Waals surface area contributed by atoms with E-state index in [0.29, 0.717) is 0 Å². The zero-order valence-electron chi connectivity index (χ0n) is 10.2. The summed E-state index contributed by atoms with van der Waals surface area (Å²) in [6, 6.07) is 6.46. The smallest absolute Gasteiger partial charge is 0.152 e. The van der Waals surface area contributed by atoms with Crippen molar-refractivity contribution in [1.29, 1.82) is 0 Å². The third kappa shape index (κ3) is 5.25. The van der Waals surface area contributed by atoms with E-state index >= 15 is 0 Å². The van der Waals surface area contributed by atoms with Crippen molar-refractivity contribution in [2.24, 2.45) is 0 Å². The van der Waals surface area contributed by atoms with Crippen LogP contribution in [0.5, 0.6) is 0 Å². The number of hydrogen-bond donors (Lipinski definition) is 0. The van der Waals surface area contributed by atoms with Crippen molar-refractivity contribution in [3.05, 3.63) is 59.4 Å². The standard InChI is InChI=1S/C15H17FO/c1-3-4-14(11-12(2)17)6-5-13-7-9-15(16)10-8-13/h3-4,7-11H,5-6H2,1-2H3/b4-3-,14-11+. The van der Waals surface area contributed by atoms with Gasteiger partial charge in [-0.05, 0) is 56.0 Å². The van der Waals surface area contributed by atoms with E-state index in [1.807, 2.05) is 19.1 Å². The first-order valence-corrected chi connectivity index (χ1v) is 5.70. The van der Waals surface area contributed by atoms with E-state index in [1.165, 1.54) is 12.1 Å². The van der Waals surface area contributed by atoms with Crippen LogP contribution in [0.3, 0.4) is 0 Å². The van der Waals surface area contributed by atoms with Gasteiger partial charge in [0.2, 0.25) is 0 Å². The Hall–Kier alpha value is -1.70. The first-order valence-electron chi connectivity index (χ1n) is 5.70. The summed E-state index contributed by atoms with van der Waals surface area (Å²) < 4.78 is 12.7. The normalized spacial score (nSPS) is 12.1. The molecule has 1 aromatic rings. The molecular weight excluding hydrogens is 215 g/mol. The molecule has 0 aromatic heterocycles. The van der Waals surface area contributed by atoms with E-state index in [2.05, 4.69) is 0 Å². The lowest BCUT2D eigenvalue weighted by Crippen LogP contribution is -1.91. The van der Waals surface area contributed by atoms with Crippen molar-refractivity contribution in [2.75, 3.05) is 0 Å². The van der Waals surface area contributed by atoms with Crippen molar-refractivity contribution >= 4 is 5.78 Å². The molecule has 1 nitrogen and oxygen atoms in total. The third-order valence-corrected chi connectivity index (χ3v) is 2.39. The summed E-state index contributed by atoms with van der Waals surface area (Å²) in [5.74, 6) is -0.168. The number of allylic oxidation sites excluding steroid dienone is 4. The summed E-state index contributed by atoms with van der Waals surface area (Å²) in [6.07, 6.45) is 7.09. The predicted octanol–water partition coefficient (Wildman–Crippen LogP) is 3.85. The minimum atomic E-state index is -0.221. The zero-order valence-corrected chi connectivity index (χ0v) is 10.2. The topological polar surface area (TPSA) is 17.1 Å². The zero-order chi connectivity index (χ0) is 12.7. The number of carbonyl (C=O) groups excluding carboxylic acids is 1. The van der Waals surface area contributed by atoms with E-state index in [-0.39, 0.29) is 11.6 Å². The van der Waals surface area contributed by atoms with Crippen molar-refractivity contribution < 1.29 is 9.18 Å². The maximum atomic E-state index is 12.7. The molecule has 0 saturated heterocycles. The molecule has 0 atom stereocenters. The summed E-state index contributed by atoms with van der Waals surface area (Å²) in [5, 5.41) is 0. The Labute approximate surface area is 102 Å². The van der Waals surface area contributed by atoms with Crippen LogP contribution < -0.4 is 0 Å². The molecule has 17 heavy (non-hydrogen) atoms. The van der Waals surface area contributed by atoms with E-state index in [4.69, 9.17) is 0 Å². The molecule has 1 rings (SSSR count). The molecule has 0 fully saturated rings. The van der Waals surface area contributed by atoms with Gasteiger partial charge in [0.15, 0.2) is 5.78 Å². The van der Waals surface area contributed by atoms with Gasteiger partial charge in [-0.15, -0.1) is 0 Å². The first-order chi connectivity index (χ1) is 8.11. The summed E-state index contributed by atoms with van der Waals surface area (Å²) in [7, 11) is 0. The minimum Gasteiger partial charge on any atom is -0.295 e. The van der Waals surface area contributed by atoms with Crippen LogP contribution in [0.15, 0.2) is 48.1 Å². The van der Waals surface area contributed by atoms with Gasteiger partial charge in [-0.3, -0.25) is 4.79 Å². The monoisotopic (exact) mass is 232 g/mol. The first kappa shape index (κ1) is 13.4. The van der Waals surface area contributed by atoms with Gasteiger partial charge in [0.1, 0.15) is 5.82 Å². The molecule has 0 saturated carbocycles. The van der Waals surface area contributed by atoms with Crippen LogP contribution in [0, 0.1) is 5.82 Å². The molecule has 0 heterocycles. The lowest BCUT2D eigenvalue weighted by atomic mass is 10.0. The summed E-state index contributed by atoms with van der Waals surface area (Å²) in [5.41, 5.74) is 2.08. The molecule has 0 aliphatic rings. The van der Waals surface area contributed by atoms with Gasteiger partial charge in [0.25, 0.3) is 0 Å². The van der Waals surface area contributed by atoms with Gasteiger partial charge in [0, 0.05) is 0 Å². The van der Waals surface area contributed by atoms with E-state index in [1.54, 1.807) is 25.1 Å². The highest BCUT2D eigenvalue weighted by Crippen LogP contribution is 2.11. The molecule has 0 aliphatic heterocycles. The fourth-order valence-electron chi connectivity index (χ4n) is 1.62. The Morgan fingerprint density at radius 3 is 2.47 bits per heavy atom. The van der Waals surface area contributed by atoms with Gasteiger partial charge in [0.05, 0.1) is 0 Å². The van der Waals surface area contributed by atoms with Crippen molar-refractivity contribution in [3.8, 4) is 0 Å². The highest BCUT2D eigenvalue weighted by atomic mass is 19.1. The van der Waals surface area contributed by atoms with Gasteiger partial charge < -0.3 is 0 Å². The Morgan fingerprint density at radius 1 is 1.29 bits per heavy atom. The maximum Gasteiger partial charge on any atom is 0.152 e. The molecular formula is C15H17FO. The van der Waals surface area contributed by atoms with Crippen LogP contribution in [0.1, 0.15) is 25.8 Å². The molecule has 0 N–H and O–H groups in total. The molecule has 0 spiro atoms. The summed E-state index contributed by atoms with van der Waals surface area (Å²) in [6.45, 7) is 3.47. The van der Waals surface area contributed by atoms with Crippen molar-refractivity contribution in [2.45, 2.75) is 26.7 Å². The Morgan fingerprint density at radius 2 is 1.94 bits per heavy atom. The fourth-order valence-corrected chi connectivity index (χ4v) is 1.62. The van der Waals surface area contributed by atoms with Gasteiger partial charge >= 0.3 is 0 Å². The number of hydrogen-bond acceptors (Lipinski definition) is 1. The minimum absolute atomic E-state index is 0.0530. The molecule has 2 heteroatoms. The second-order valence-electron chi connectivity index (χ2n) is 3.96. The van der Waals surface area contributed by atoms with Crippen LogP contribution in [0.4, 0.5) is 4.39 Å². The molecule has 0 bridgehead atoms. The third-order valence-electron chi connectivity index (χ3n) is 2.39. The van der Waals surface area contributed by atoms with Crippen LogP contribution in [-0.4, -0.2) is 5.78 Å². The largest absolute Gasteiger partial charge is 0.295 e. The Balaban J connectivity index is 2.64. The molecule has 0 aliphatic carbocycles. The van der Waals surface area contributed by atoms with Crippen LogP contribution >= 0.6 is 0 Å². The second kappa shape index (κ2) is 6.79. The van der Waals surface area contributed by atoms with Crippen LogP contribution in [0.25, 0.3) is 0 Å². The number of aryl methyl sites for hydroxylation is 1. The average molecular weight is 232 g/mol. The molecule has 90 valence electrons. The fraction of sp³-hybridized carbons (Fsp3) is 0.267. The van der Waals surface area contributed by atoms with Gasteiger partial charge in [-0.1, -0.05) is 24.3 Å². The van der Waals surface area contributed by atoms with Crippen molar-refractivity contribution in [1.82, 2.24) is 0 Å². The predicted molar refractivity (Wildman–Crippen MR) is 68.3 cm³/mol. The lowest BCUT2D eigenvalue weighted by molar-refractivity contribution is -0.112. The van der Waals surface area contributed by atoms with Gasteiger partial charge in [-0.25, -0.2) is 4.39 Å². The van der Waals surface area contributed by atoms with Gasteiger partial charge in [-0.2, -0.15) is 0 Å². The molecule has 1 aromatic carbocycles. The number of rotatable bonds is 5. The SMILES string of the molecule is C/C=C\C(=C/C(C)=O)CCc1ccc(F)cc1. The molecule has 0 unspecified atom stereocenters. The lowest BCUT2D eigenvalue weighted by Gasteiger charge is -2.02. The quantitative estimate of drug-likeness (QED) is 0.556. The van der Waals surface area contributed by atoms with Crippen LogP contribution in [0.2, 0.25) is 0 Å². The summed E-state index contributed by atoms with van der Waals surface area (Å²) >= 11 is 0. The highest BCUT2D eigenvalue weighted by molar-refractivity contribution is 5.88. The molecule has 0 radical (unpaired) electrons. The summed E-state index contributed by atoms with van der Waals surface area (Å²) in [4.78, 5) is 11.0. The van der Waals surface area contributed by atoms with E-state index in [9.17, 15) is 9.18 Å². The number of carbonyl (C=O) groups is 1. The number of benzene rings is 1. The van der Waals surface area contributed by atoms with E-state index < -0.39 is 0 Å². The number of ketones is 1. The Kier molecular flexibility index (Phi) is 5.34. The van der Waals surface area contributed by atoms with E-state index in [0.717, 1.165) is 24.0 Å². The van der Waals surface area contributed by atoms with Crippen LogP contribution in [-0.2, 0) is 11.2 Å². The second-order valence-corrected chi connectivity index (χ2v) is 3.96. The molecule has 0 amide bonds. The average Bonchev–Trinajstić information content (AvgIpc) is 2.27. The highest BCUT2D eigenvalue weighted by Gasteiger charge is 1.98.